The number of likely N-dealkylation sites (N-methyl/N-ethyl adjacent to an activating group) is 1. The van der Waals surface area contributed by atoms with Crippen LogP contribution in [0.15, 0.2) is 12.5 Å². The predicted molar refractivity (Wildman–Crippen MR) is 110 cm³/mol. The van der Waals surface area contributed by atoms with Crippen molar-refractivity contribution < 1.29 is 18.0 Å². The SMILES string of the molecule is Cc1nc(N[C@H]2C[C@@H](Cn3cncc3C(F)(F)F)C2)nc2c1NC(=O)C(C(C)C)N2C. The van der Waals surface area contributed by atoms with E-state index in [2.05, 4.69) is 25.6 Å². The number of imidazole rings is 1. The van der Waals surface area contributed by atoms with E-state index in [9.17, 15) is 18.0 Å². The number of aromatic nitrogens is 4. The van der Waals surface area contributed by atoms with Crippen LogP contribution in [0.1, 0.15) is 38.1 Å². The maximum Gasteiger partial charge on any atom is 0.432 e. The van der Waals surface area contributed by atoms with Gasteiger partial charge < -0.3 is 20.1 Å². The van der Waals surface area contributed by atoms with Crippen molar-refractivity contribution in [2.75, 3.05) is 22.6 Å². The molecule has 0 spiro atoms. The third-order valence-electron chi connectivity index (χ3n) is 6.00. The standard InChI is InChI=1S/C20H26F3N7O/c1-10(2)16-18(31)27-15-11(3)25-19(28-17(15)29(16)4)26-13-5-12(6-13)8-30-9-24-7-14(30)20(21,22)23/h7,9-10,12-13,16H,5-6,8H2,1-4H3,(H,27,31)(H,25,26,28)/t12-,13+,16?. The largest absolute Gasteiger partial charge is 0.432 e. The van der Waals surface area contributed by atoms with Gasteiger partial charge in [-0.15, -0.1) is 0 Å². The number of hydrogen-bond donors (Lipinski definition) is 2. The van der Waals surface area contributed by atoms with Crippen molar-refractivity contribution in [3.63, 3.8) is 0 Å². The molecule has 31 heavy (non-hydrogen) atoms. The summed E-state index contributed by atoms with van der Waals surface area (Å²) in [6, 6.07) is -0.231. The maximum atomic E-state index is 13.0. The lowest BCUT2D eigenvalue weighted by Crippen LogP contribution is -2.50. The molecule has 11 heteroatoms. The molecule has 168 valence electrons. The molecule has 1 atom stereocenters. The Morgan fingerprint density at radius 3 is 2.65 bits per heavy atom. The predicted octanol–water partition coefficient (Wildman–Crippen LogP) is 3.30. The average Bonchev–Trinajstić information content (AvgIpc) is 3.09. The van der Waals surface area contributed by atoms with E-state index in [1.807, 2.05) is 32.7 Å². The number of rotatable bonds is 5. The van der Waals surface area contributed by atoms with Crippen LogP contribution in [0.3, 0.4) is 0 Å². The Balaban J connectivity index is 1.42. The Kier molecular flexibility index (Phi) is 5.30. The minimum absolute atomic E-state index is 0.0722. The van der Waals surface area contributed by atoms with E-state index in [1.165, 1.54) is 10.9 Å². The number of anilines is 3. The summed E-state index contributed by atoms with van der Waals surface area (Å²) in [7, 11) is 1.85. The molecule has 0 aromatic carbocycles. The number of alkyl halides is 3. The first-order chi connectivity index (χ1) is 14.5. The Labute approximate surface area is 178 Å². The topological polar surface area (TPSA) is 88.0 Å². The molecule has 1 aliphatic carbocycles. The Morgan fingerprint density at radius 2 is 2.00 bits per heavy atom. The molecule has 1 saturated carbocycles. The Bertz CT molecular complexity index is 982. The fraction of sp³-hybridized carbons (Fsp3) is 0.600. The van der Waals surface area contributed by atoms with Gasteiger partial charge in [-0.3, -0.25) is 4.79 Å². The van der Waals surface area contributed by atoms with Crippen LogP contribution in [0.25, 0.3) is 0 Å². The van der Waals surface area contributed by atoms with Crippen molar-refractivity contribution >= 4 is 23.4 Å². The first kappa shape index (κ1) is 21.4. The second-order valence-corrected chi connectivity index (χ2v) is 8.73. The zero-order chi connectivity index (χ0) is 22.5. The Hall–Kier alpha value is -2.85. The smallest absolute Gasteiger partial charge is 0.351 e. The zero-order valence-corrected chi connectivity index (χ0v) is 17.9. The highest BCUT2D eigenvalue weighted by Gasteiger charge is 2.38. The quantitative estimate of drug-likeness (QED) is 0.746. The number of carbonyl (C=O) groups is 1. The Morgan fingerprint density at radius 1 is 1.29 bits per heavy atom. The van der Waals surface area contributed by atoms with Gasteiger partial charge in [0.2, 0.25) is 11.9 Å². The van der Waals surface area contributed by atoms with Crippen LogP contribution in [0.2, 0.25) is 0 Å². The van der Waals surface area contributed by atoms with Crippen LogP contribution in [0.5, 0.6) is 0 Å². The number of fused-ring (bicyclic) bond motifs is 1. The molecule has 0 bridgehead atoms. The molecule has 1 amide bonds. The molecule has 4 rings (SSSR count). The fourth-order valence-corrected chi connectivity index (χ4v) is 4.44. The first-order valence-electron chi connectivity index (χ1n) is 10.3. The molecule has 3 heterocycles. The van der Waals surface area contributed by atoms with E-state index in [1.54, 1.807) is 0 Å². The van der Waals surface area contributed by atoms with Crippen LogP contribution in [0.4, 0.5) is 30.6 Å². The van der Waals surface area contributed by atoms with Gasteiger partial charge in [0.05, 0.1) is 18.2 Å². The third-order valence-corrected chi connectivity index (χ3v) is 6.00. The lowest BCUT2D eigenvalue weighted by atomic mass is 9.80. The van der Waals surface area contributed by atoms with Gasteiger partial charge in [-0.25, -0.2) is 9.97 Å². The molecule has 1 unspecified atom stereocenters. The monoisotopic (exact) mass is 437 g/mol. The summed E-state index contributed by atoms with van der Waals surface area (Å²) in [5, 5.41) is 6.20. The van der Waals surface area contributed by atoms with E-state index >= 15 is 0 Å². The second-order valence-electron chi connectivity index (χ2n) is 8.73. The van der Waals surface area contributed by atoms with Gasteiger partial charge in [0.25, 0.3) is 0 Å². The van der Waals surface area contributed by atoms with Gasteiger partial charge in [-0.05, 0) is 31.6 Å². The highest BCUT2D eigenvalue weighted by Crippen LogP contribution is 2.37. The lowest BCUT2D eigenvalue weighted by molar-refractivity contribution is -0.144. The van der Waals surface area contributed by atoms with Gasteiger partial charge in [0.1, 0.15) is 17.4 Å². The van der Waals surface area contributed by atoms with Gasteiger partial charge in [0, 0.05) is 19.6 Å². The van der Waals surface area contributed by atoms with Gasteiger partial charge >= 0.3 is 6.18 Å². The summed E-state index contributed by atoms with van der Waals surface area (Å²) in [5.74, 6) is 1.29. The normalized spacial score (nSPS) is 23.4. The van der Waals surface area contributed by atoms with Crippen molar-refractivity contribution in [1.29, 1.82) is 0 Å². The molecular weight excluding hydrogens is 411 g/mol. The summed E-state index contributed by atoms with van der Waals surface area (Å²) in [5.41, 5.74) is 0.558. The average molecular weight is 437 g/mol. The summed E-state index contributed by atoms with van der Waals surface area (Å²) >= 11 is 0. The van der Waals surface area contributed by atoms with Crippen LogP contribution in [-0.4, -0.2) is 44.6 Å². The van der Waals surface area contributed by atoms with Crippen molar-refractivity contribution in [2.45, 2.75) is 58.4 Å². The van der Waals surface area contributed by atoms with Gasteiger partial charge in [0.15, 0.2) is 5.82 Å². The van der Waals surface area contributed by atoms with Crippen LogP contribution in [-0.2, 0) is 17.5 Å². The van der Waals surface area contributed by atoms with Crippen molar-refractivity contribution in [2.24, 2.45) is 11.8 Å². The lowest BCUT2D eigenvalue weighted by Gasteiger charge is -2.38. The minimum Gasteiger partial charge on any atom is -0.351 e. The highest BCUT2D eigenvalue weighted by molar-refractivity contribution is 6.03. The number of nitrogens with zero attached hydrogens (tertiary/aromatic N) is 5. The zero-order valence-electron chi connectivity index (χ0n) is 17.9. The van der Waals surface area contributed by atoms with Crippen LogP contribution < -0.4 is 15.5 Å². The molecule has 1 aliphatic heterocycles. The molecule has 0 saturated heterocycles. The molecule has 2 N–H and O–H groups in total. The fourth-order valence-electron chi connectivity index (χ4n) is 4.44. The van der Waals surface area contributed by atoms with Crippen molar-refractivity contribution in [3.05, 3.63) is 23.9 Å². The molecule has 2 aromatic heterocycles. The maximum absolute atomic E-state index is 13.0. The molecule has 8 nitrogen and oxygen atoms in total. The van der Waals surface area contributed by atoms with E-state index in [0.717, 1.165) is 19.0 Å². The summed E-state index contributed by atoms with van der Waals surface area (Å²) in [6.45, 7) is 6.06. The molecule has 2 aromatic rings. The summed E-state index contributed by atoms with van der Waals surface area (Å²) in [4.78, 5) is 27.0. The number of aryl methyl sites for hydroxylation is 1. The third kappa shape index (κ3) is 4.05. The summed E-state index contributed by atoms with van der Waals surface area (Å²) in [6.07, 6.45) is -0.874. The van der Waals surface area contributed by atoms with Crippen LogP contribution >= 0.6 is 0 Å². The van der Waals surface area contributed by atoms with Crippen molar-refractivity contribution in [3.8, 4) is 0 Å². The van der Waals surface area contributed by atoms with E-state index < -0.39 is 11.9 Å². The second kappa shape index (κ2) is 7.69. The molecular formula is C20H26F3N7O. The van der Waals surface area contributed by atoms with Gasteiger partial charge in [-0.1, -0.05) is 13.8 Å². The first-order valence-corrected chi connectivity index (χ1v) is 10.3. The van der Waals surface area contributed by atoms with E-state index in [4.69, 9.17) is 0 Å². The number of halogens is 3. The number of hydrogen-bond acceptors (Lipinski definition) is 6. The highest BCUT2D eigenvalue weighted by atomic mass is 19.4. The summed E-state index contributed by atoms with van der Waals surface area (Å²) < 4.78 is 40.2. The number of nitrogens with one attached hydrogen (secondary N) is 2. The van der Waals surface area contributed by atoms with Crippen LogP contribution in [0, 0.1) is 18.8 Å². The number of carbonyl (C=O) groups excluding carboxylic acids is 1. The molecule has 2 aliphatic rings. The minimum atomic E-state index is -4.40. The van der Waals surface area contributed by atoms with Gasteiger partial charge in [-0.2, -0.15) is 18.2 Å². The molecule has 1 fully saturated rings. The van der Waals surface area contributed by atoms with E-state index in [-0.39, 0.29) is 36.4 Å². The molecule has 0 radical (unpaired) electrons. The number of amides is 1. The van der Waals surface area contributed by atoms with E-state index in [0.29, 0.717) is 23.1 Å². The van der Waals surface area contributed by atoms with Crippen molar-refractivity contribution in [1.82, 2.24) is 19.5 Å².